The van der Waals surface area contributed by atoms with Gasteiger partial charge in [0.1, 0.15) is 6.17 Å². The molecule has 1 rings (SSSR count). The van der Waals surface area contributed by atoms with Crippen LogP contribution >= 0.6 is 0 Å². The van der Waals surface area contributed by atoms with Crippen LogP contribution < -0.4 is 0 Å². The van der Waals surface area contributed by atoms with Crippen LogP contribution in [0.25, 0.3) is 0 Å². The molecule has 1 fully saturated rings. The molecule has 0 N–H and O–H groups in total. The summed E-state index contributed by atoms with van der Waals surface area (Å²) in [6.07, 6.45) is 3.63. The Morgan fingerprint density at radius 2 is 2.31 bits per heavy atom. The van der Waals surface area contributed by atoms with Crippen LogP contribution in [-0.2, 0) is 0 Å². The predicted octanol–water partition coefficient (Wildman–Crippen LogP) is 2.68. The number of rotatable bonds is 3. The van der Waals surface area contributed by atoms with E-state index in [1.165, 1.54) is 0 Å². The smallest absolute Gasteiger partial charge is 0.119 e. The molecule has 72 valence electrons. The third-order valence-electron chi connectivity index (χ3n) is 2.10. The Morgan fingerprint density at radius 3 is 2.69 bits per heavy atom. The van der Waals surface area contributed by atoms with Gasteiger partial charge in [-0.05, 0) is 25.5 Å². The Balaban J connectivity index is 2.67. The Hall–Kier alpha value is -1.05. The van der Waals surface area contributed by atoms with E-state index in [9.17, 15) is 4.39 Å². The summed E-state index contributed by atoms with van der Waals surface area (Å²) in [7, 11) is 0. The summed E-state index contributed by atoms with van der Waals surface area (Å²) >= 11 is 0. The normalized spacial score (nSPS) is 23.4. The highest BCUT2D eigenvalue weighted by molar-refractivity contribution is 5.26. The molecule has 0 bridgehead atoms. The van der Waals surface area contributed by atoms with Gasteiger partial charge in [0, 0.05) is 18.8 Å². The Labute approximate surface area is 79.2 Å². The second-order valence-electron chi connectivity index (χ2n) is 3.45. The van der Waals surface area contributed by atoms with E-state index in [1.807, 2.05) is 17.9 Å². The SMILES string of the molecule is C=C/C(=C\C(=C)C)N1CCC(F)C1. The standard InChI is InChI=1S/C11H16FN/c1-4-11(7-9(2)3)13-6-5-10(12)8-13/h4,7,10H,1-2,5-6,8H2,3H3/b11-7+. The van der Waals surface area contributed by atoms with Gasteiger partial charge in [-0.3, -0.25) is 0 Å². The molecule has 0 radical (unpaired) electrons. The van der Waals surface area contributed by atoms with Crippen molar-refractivity contribution in [2.45, 2.75) is 19.5 Å². The topological polar surface area (TPSA) is 3.24 Å². The van der Waals surface area contributed by atoms with E-state index in [-0.39, 0.29) is 0 Å². The second kappa shape index (κ2) is 4.26. The van der Waals surface area contributed by atoms with Crippen LogP contribution in [0.4, 0.5) is 4.39 Å². The monoisotopic (exact) mass is 181 g/mol. The molecule has 0 aromatic heterocycles. The fourth-order valence-corrected chi connectivity index (χ4v) is 1.48. The lowest BCUT2D eigenvalue weighted by Crippen LogP contribution is -2.19. The minimum atomic E-state index is -0.687. The van der Waals surface area contributed by atoms with E-state index in [0.717, 1.165) is 17.8 Å². The second-order valence-corrected chi connectivity index (χ2v) is 3.45. The first-order valence-corrected chi connectivity index (χ1v) is 4.52. The van der Waals surface area contributed by atoms with Crippen LogP contribution in [-0.4, -0.2) is 24.2 Å². The lowest BCUT2D eigenvalue weighted by molar-refractivity contribution is 0.327. The van der Waals surface area contributed by atoms with Gasteiger partial charge in [0.05, 0.1) is 0 Å². The highest BCUT2D eigenvalue weighted by Crippen LogP contribution is 2.18. The maximum absolute atomic E-state index is 12.9. The van der Waals surface area contributed by atoms with Crippen molar-refractivity contribution >= 4 is 0 Å². The van der Waals surface area contributed by atoms with E-state index in [2.05, 4.69) is 13.2 Å². The molecule has 0 spiro atoms. The maximum Gasteiger partial charge on any atom is 0.119 e. The summed E-state index contributed by atoms with van der Waals surface area (Å²) in [4.78, 5) is 2.01. The molecular formula is C11H16FN. The highest BCUT2D eigenvalue weighted by atomic mass is 19.1. The zero-order valence-electron chi connectivity index (χ0n) is 8.09. The van der Waals surface area contributed by atoms with Crippen LogP contribution in [0.5, 0.6) is 0 Å². The molecule has 0 aromatic rings. The van der Waals surface area contributed by atoms with Gasteiger partial charge in [0.15, 0.2) is 0 Å². The van der Waals surface area contributed by atoms with E-state index in [1.54, 1.807) is 6.08 Å². The number of alkyl halides is 1. The lowest BCUT2D eigenvalue weighted by atomic mass is 10.2. The number of allylic oxidation sites excluding steroid dienone is 3. The predicted molar refractivity (Wildman–Crippen MR) is 54.2 cm³/mol. The quantitative estimate of drug-likeness (QED) is 0.605. The van der Waals surface area contributed by atoms with E-state index in [4.69, 9.17) is 0 Å². The molecule has 1 unspecified atom stereocenters. The van der Waals surface area contributed by atoms with E-state index < -0.39 is 6.17 Å². The zero-order valence-corrected chi connectivity index (χ0v) is 8.09. The molecule has 1 nitrogen and oxygen atoms in total. The summed E-state index contributed by atoms with van der Waals surface area (Å²) in [5.74, 6) is 0. The molecule has 1 aliphatic rings. The van der Waals surface area contributed by atoms with Crippen molar-refractivity contribution in [3.8, 4) is 0 Å². The van der Waals surface area contributed by atoms with Crippen LogP contribution in [0, 0.1) is 0 Å². The zero-order chi connectivity index (χ0) is 9.84. The summed E-state index contributed by atoms with van der Waals surface area (Å²) in [5, 5.41) is 0. The number of hydrogen-bond donors (Lipinski definition) is 0. The summed E-state index contributed by atoms with van der Waals surface area (Å²) in [5.41, 5.74) is 1.95. The average Bonchev–Trinajstić information content (AvgIpc) is 2.47. The minimum Gasteiger partial charge on any atom is -0.369 e. The van der Waals surface area contributed by atoms with Gasteiger partial charge >= 0.3 is 0 Å². The Kier molecular flexibility index (Phi) is 3.29. The van der Waals surface area contributed by atoms with Gasteiger partial charge in [-0.15, -0.1) is 0 Å². The molecule has 1 aliphatic heterocycles. The fraction of sp³-hybridized carbons (Fsp3) is 0.455. The van der Waals surface area contributed by atoms with Crippen LogP contribution in [0.15, 0.2) is 36.6 Å². The van der Waals surface area contributed by atoms with Gasteiger partial charge < -0.3 is 4.90 Å². The van der Waals surface area contributed by atoms with Crippen LogP contribution in [0.2, 0.25) is 0 Å². The van der Waals surface area contributed by atoms with Crippen molar-refractivity contribution in [3.05, 3.63) is 36.6 Å². The third-order valence-corrected chi connectivity index (χ3v) is 2.10. The molecule has 13 heavy (non-hydrogen) atoms. The maximum atomic E-state index is 12.9. The lowest BCUT2D eigenvalue weighted by Gasteiger charge is -2.18. The first-order chi connectivity index (χ1) is 6.13. The number of nitrogens with zero attached hydrogens (tertiary/aromatic N) is 1. The van der Waals surface area contributed by atoms with Crippen molar-refractivity contribution in [1.29, 1.82) is 0 Å². The Morgan fingerprint density at radius 1 is 1.62 bits per heavy atom. The van der Waals surface area contributed by atoms with Crippen molar-refractivity contribution < 1.29 is 4.39 Å². The Bertz CT molecular complexity index is 242. The fourth-order valence-electron chi connectivity index (χ4n) is 1.48. The molecule has 0 aliphatic carbocycles. The average molecular weight is 181 g/mol. The number of likely N-dealkylation sites (tertiary alicyclic amines) is 1. The first kappa shape index (κ1) is 10.0. The van der Waals surface area contributed by atoms with Gasteiger partial charge in [0.2, 0.25) is 0 Å². The highest BCUT2D eigenvalue weighted by Gasteiger charge is 2.21. The van der Waals surface area contributed by atoms with Crippen LogP contribution in [0.1, 0.15) is 13.3 Å². The van der Waals surface area contributed by atoms with Gasteiger partial charge in [-0.1, -0.05) is 18.7 Å². The van der Waals surface area contributed by atoms with Crippen molar-refractivity contribution in [2.75, 3.05) is 13.1 Å². The summed E-state index contributed by atoms with van der Waals surface area (Å²) in [6, 6.07) is 0. The molecular weight excluding hydrogens is 165 g/mol. The number of halogens is 1. The van der Waals surface area contributed by atoms with Crippen molar-refractivity contribution in [1.82, 2.24) is 4.90 Å². The summed E-state index contributed by atoms with van der Waals surface area (Å²) < 4.78 is 12.9. The molecule has 2 heteroatoms. The van der Waals surface area contributed by atoms with Gasteiger partial charge in [-0.2, -0.15) is 0 Å². The third kappa shape index (κ3) is 2.72. The molecule has 0 aromatic carbocycles. The van der Waals surface area contributed by atoms with E-state index in [0.29, 0.717) is 13.0 Å². The largest absolute Gasteiger partial charge is 0.369 e. The van der Waals surface area contributed by atoms with E-state index >= 15 is 0 Å². The molecule has 0 amide bonds. The van der Waals surface area contributed by atoms with Crippen molar-refractivity contribution in [2.24, 2.45) is 0 Å². The molecule has 0 saturated carbocycles. The molecule has 1 heterocycles. The molecule has 1 saturated heterocycles. The van der Waals surface area contributed by atoms with Crippen LogP contribution in [0.3, 0.4) is 0 Å². The number of hydrogen-bond acceptors (Lipinski definition) is 1. The van der Waals surface area contributed by atoms with Gasteiger partial charge in [0.25, 0.3) is 0 Å². The molecule has 1 atom stereocenters. The van der Waals surface area contributed by atoms with Crippen molar-refractivity contribution in [3.63, 3.8) is 0 Å². The summed E-state index contributed by atoms with van der Waals surface area (Å²) in [6.45, 7) is 10.7. The van der Waals surface area contributed by atoms with Gasteiger partial charge in [-0.25, -0.2) is 4.39 Å². The minimum absolute atomic E-state index is 0.491. The first-order valence-electron chi connectivity index (χ1n) is 4.52.